The number of hydrogen-bond acceptors (Lipinski definition) is 2. The molecule has 1 aliphatic carbocycles. The van der Waals surface area contributed by atoms with Gasteiger partial charge in [-0.2, -0.15) is 0 Å². The quantitative estimate of drug-likeness (QED) is 0.168. The Labute approximate surface area is 316 Å². The smallest absolute Gasteiger partial charge is 0.0440 e. The van der Waals surface area contributed by atoms with Gasteiger partial charge in [0.05, 0.1) is 0 Å². The van der Waals surface area contributed by atoms with Crippen molar-refractivity contribution in [3.05, 3.63) is 181 Å². The fourth-order valence-electron chi connectivity index (χ4n) is 9.10. The molecule has 0 aliphatic heterocycles. The molecule has 250 valence electrons. The monoisotopic (exact) mass is 710 g/mol. The van der Waals surface area contributed by atoms with Crippen LogP contribution in [0, 0.1) is 0 Å². The van der Waals surface area contributed by atoms with Crippen LogP contribution in [0.3, 0.4) is 0 Å². The van der Waals surface area contributed by atoms with Gasteiger partial charge >= 0.3 is 0 Å². The summed E-state index contributed by atoms with van der Waals surface area (Å²) in [5.41, 5.74) is 10.3. The van der Waals surface area contributed by atoms with Crippen LogP contribution in [-0.2, 0) is 5.41 Å². The molecule has 0 spiro atoms. The molecule has 53 heavy (non-hydrogen) atoms. The molecule has 8 aromatic carbocycles. The maximum atomic E-state index is 2.50. The van der Waals surface area contributed by atoms with Crippen molar-refractivity contribution in [1.82, 2.24) is 0 Å². The van der Waals surface area contributed by atoms with E-state index >= 15 is 0 Å². The summed E-state index contributed by atoms with van der Waals surface area (Å²) in [6.07, 6.45) is 0. The lowest BCUT2D eigenvalue weighted by Crippen LogP contribution is -2.15. The van der Waals surface area contributed by atoms with Crippen LogP contribution in [0.25, 0.3) is 95.3 Å². The summed E-state index contributed by atoms with van der Waals surface area (Å²) in [4.78, 5) is 0. The lowest BCUT2D eigenvalue weighted by Gasteiger charge is -2.24. The molecule has 0 radical (unpaired) electrons. The van der Waals surface area contributed by atoms with E-state index in [2.05, 4.69) is 184 Å². The molecule has 0 bridgehead atoms. The van der Waals surface area contributed by atoms with Gasteiger partial charge in [0.25, 0.3) is 0 Å². The fourth-order valence-corrected chi connectivity index (χ4v) is 11.5. The Bertz CT molecular complexity index is 3210. The van der Waals surface area contributed by atoms with Gasteiger partial charge in [-0.05, 0) is 90.3 Å². The van der Waals surface area contributed by atoms with Gasteiger partial charge in [0, 0.05) is 45.8 Å². The Morgan fingerprint density at radius 2 is 0.906 bits per heavy atom. The van der Waals surface area contributed by atoms with Crippen LogP contribution in [0.4, 0.5) is 0 Å². The maximum Gasteiger partial charge on any atom is 0.0440 e. The number of thiophene rings is 2. The van der Waals surface area contributed by atoms with Crippen molar-refractivity contribution >= 4 is 84.6 Å². The van der Waals surface area contributed by atoms with Crippen molar-refractivity contribution in [3.63, 3.8) is 0 Å². The van der Waals surface area contributed by atoms with E-state index < -0.39 is 0 Å². The molecule has 10 aromatic rings. The molecule has 0 nitrogen and oxygen atoms in total. The zero-order chi connectivity index (χ0) is 35.3. The van der Waals surface area contributed by atoms with Crippen LogP contribution in [0.5, 0.6) is 0 Å². The minimum absolute atomic E-state index is 0.184. The Kier molecular flexibility index (Phi) is 6.74. The Hall–Kier alpha value is -5.80. The van der Waals surface area contributed by atoms with Gasteiger partial charge in [0.1, 0.15) is 0 Å². The highest BCUT2D eigenvalue weighted by atomic mass is 32.1. The van der Waals surface area contributed by atoms with Gasteiger partial charge in [-0.25, -0.2) is 0 Å². The normalized spacial score (nSPS) is 13.2. The third-order valence-corrected chi connectivity index (χ3v) is 13.8. The zero-order valence-corrected chi connectivity index (χ0v) is 31.1. The van der Waals surface area contributed by atoms with E-state index in [4.69, 9.17) is 0 Å². The molecule has 1 aliphatic rings. The van der Waals surface area contributed by atoms with E-state index in [-0.39, 0.29) is 5.41 Å². The summed E-state index contributed by atoms with van der Waals surface area (Å²) >= 11 is 3.81. The predicted octanol–water partition coefficient (Wildman–Crippen LogP) is 15.5. The highest BCUT2D eigenvalue weighted by Gasteiger charge is 2.39. The maximum absolute atomic E-state index is 2.50. The number of hydrogen-bond donors (Lipinski definition) is 0. The molecule has 0 amide bonds. The van der Waals surface area contributed by atoms with Crippen molar-refractivity contribution in [3.8, 4) is 33.4 Å². The summed E-state index contributed by atoms with van der Waals surface area (Å²) in [5, 5.41) is 10.6. The molecule has 0 saturated carbocycles. The molecule has 2 aromatic heterocycles. The van der Waals surface area contributed by atoms with Gasteiger partial charge in [-0.3, -0.25) is 0 Å². The molecule has 0 unspecified atom stereocenters. The SMILES string of the molecule is CC1(C)c2cc(-c3ccccccc(-c4ccc5c(c4)sc4ccccc45)c4ccccc34)ccc2-c2c1c1ccccc1c1sc3ccccc3c21. The standard InChI is InChI=1S/C51H34S2/c1-51(2)43-29-31(26-28-41(43)47-48-42-22-12-14-24-45(42)53-50(48)40-21-10-9-20-39(40)49(47)51)33-15-5-3-4-6-16-34(36-18-8-7-17-35(33)36)32-25-27-38-37-19-11-13-23-44(37)52-46(38)30-32/h3-30H,1-2H3. The number of rotatable bonds is 2. The Morgan fingerprint density at radius 3 is 1.62 bits per heavy atom. The average molecular weight is 711 g/mol. The van der Waals surface area contributed by atoms with Crippen LogP contribution in [0.1, 0.15) is 25.0 Å². The Balaban J connectivity index is 1.17. The summed E-state index contributed by atoms with van der Waals surface area (Å²) < 4.78 is 5.39. The third kappa shape index (κ3) is 4.53. The molecule has 0 saturated heterocycles. The first-order valence-corrected chi connectivity index (χ1v) is 20.0. The highest BCUT2D eigenvalue weighted by Crippen LogP contribution is 2.57. The van der Waals surface area contributed by atoms with Crippen molar-refractivity contribution in [1.29, 1.82) is 0 Å². The van der Waals surface area contributed by atoms with Crippen LogP contribution < -0.4 is 0 Å². The molecule has 0 N–H and O–H groups in total. The van der Waals surface area contributed by atoms with Crippen molar-refractivity contribution in [2.75, 3.05) is 0 Å². The number of fused-ring (bicyclic) bond motifs is 14. The molecular formula is C51H34S2. The van der Waals surface area contributed by atoms with E-state index in [9.17, 15) is 0 Å². The molecule has 0 fully saturated rings. The second kappa shape index (κ2) is 11.6. The summed E-state index contributed by atoms with van der Waals surface area (Å²) in [6, 6.07) is 63.2. The molecule has 2 heterocycles. The van der Waals surface area contributed by atoms with Crippen molar-refractivity contribution in [2.24, 2.45) is 0 Å². The van der Waals surface area contributed by atoms with Crippen LogP contribution >= 0.6 is 22.7 Å². The van der Waals surface area contributed by atoms with E-state index in [1.54, 1.807) is 0 Å². The fraction of sp³-hybridized carbons (Fsp3) is 0.0588. The van der Waals surface area contributed by atoms with Gasteiger partial charge in [0.2, 0.25) is 0 Å². The number of benzene rings is 7. The summed E-state index contributed by atoms with van der Waals surface area (Å²) in [7, 11) is 0. The highest BCUT2D eigenvalue weighted by molar-refractivity contribution is 7.27. The third-order valence-electron chi connectivity index (χ3n) is 11.5. The average Bonchev–Trinajstić information content (AvgIpc) is 3.84. The van der Waals surface area contributed by atoms with Crippen molar-refractivity contribution < 1.29 is 0 Å². The first-order valence-electron chi connectivity index (χ1n) is 18.3. The molecular weight excluding hydrogens is 677 g/mol. The summed E-state index contributed by atoms with van der Waals surface area (Å²) in [5.74, 6) is 0. The lowest BCUT2D eigenvalue weighted by atomic mass is 9.79. The topological polar surface area (TPSA) is 0 Å². The van der Waals surface area contributed by atoms with Gasteiger partial charge < -0.3 is 0 Å². The molecule has 2 heteroatoms. The molecule has 11 rings (SSSR count). The minimum atomic E-state index is -0.184. The van der Waals surface area contributed by atoms with Crippen LogP contribution in [-0.4, -0.2) is 0 Å². The second-order valence-corrected chi connectivity index (χ2v) is 16.9. The second-order valence-electron chi connectivity index (χ2n) is 14.8. The zero-order valence-electron chi connectivity index (χ0n) is 29.5. The van der Waals surface area contributed by atoms with E-state index in [0.717, 1.165) is 0 Å². The minimum Gasteiger partial charge on any atom is -0.135 e. The van der Waals surface area contributed by atoms with Gasteiger partial charge in [-0.15, -0.1) is 22.7 Å². The van der Waals surface area contributed by atoms with E-state index in [1.807, 2.05) is 22.7 Å². The first kappa shape index (κ1) is 30.8. The van der Waals surface area contributed by atoms with Crippen LogP contribution in [0.15, 0.2) is 170 Å². The van der Waals surface area contributed by atoms with E-state index in [1.165, 1.54) is 106 Å². The van der Waals surface area contributed by atoms with Gasteiger partial charge in [-0.1, -0.05) is 159 Å². The first-order chi connectivity index (χ1) is 26.1. The van der Waals surface area contributed by atoms with Crippen LogP contribution in [0.2, 0.25) is 0 Å². The van der Waals surface area contributed by atoms with Gasteiger partial charge in [0.15, 0.2) is 0 Å². The summed E-state index contributed by atoms with van der Waals surface area (Å²) in [6.45, 7) is 4.86. The predicted molar refractivity (Wildman–Crippen MR) is 233 cm³/mol. The Morgan fingerprint density at radius 1 is 0.377 bits per heavy atom. The largest absolute Gasteiger partial charge is 0.135 e. The van der Waals surface area contributed by atoms with Crippen molar-refractivity contribution in [2.45, 2.75) is 19.3 Å². The molecule has 0 atom stereocenters. The van der Waals surface area contributed by atoms with E-state index in [0.29, 0.717) is 0 Å². The lowest BCUT2D eigenvalue weighted by molar-refractivity contribution is 0.667.